The number of rotatable bonds is 3. The Morgan fingerprint density at radius 3 is 2.67 bits per heavy atom. The van der Waals surface area contributed by atoms with Crippen LogP contribution in [0.4, 0.5) is 11.4 Å². The van der Waals surface area contributed by atoms with E-state index < -0.39 is 17.6 Å². The van der Waals surface area contributed by atoms with E-state index in [0.717, 1.165) is 0 Å². The van der Waals surface area contributed by atoms with Gasteiger partial charge in [-0.25, -0.2) is 14.8 Å². The van der Waals surface area contributed by atoms with Crippen LogP contribution in [0.1, 0.15) is 21.0 Å². The number of hydrogen-bond donors (Lipinski definition) is 2. The first-order valence-electron chi connectivity index (χ1n) is 6.86. The number of likely N-dealkylation sites (N-methyl/N-ethyl adjacent to an activating group) is 1. The summed E-state index contributed by atoms with van der Waals surface area (Å²) in [7, 11) is 1.60. The zero-order valence-corrected chi connectivity index (χ0v) is 12.5. The highest BCUT2D eigenvalue weighted by molar-refractivity contribution is 6.09. The molecule has 0 radical (unpaired) electrons. The Hall–Kier alpha value is -3.49. The van der Waals surface area contributed by atoms with Crippen LogP contribution in [0.5, 0.6) is 5.75 Å². The van der Waals surface area contributed by atoms with E-state index in [1.807, 2.05) is 0 Å². The molecule has 0 unspecified atom stereocenters. The van der Waals surface area contributed by atoms with Gasteiger partial charge in [0.1, 0.15) is 5.75 Å². The molecular formula is C15H12N4O5. The number of nitrogens with zero attached hydrogens (tertiary/aromatic N) is 3. The molecule has 1 aliphatic rings. The standard InChI is InChI=1S/C15H12N4O5/c1-19-9-6-8(2-3-10(9)24-7-11(19)20)18-14(21)12-13(15(22)23)17-5-4-16-12/h2-6H,7H2,1H3,(H,18,21)(H,22,23). The minimum Gasteiger partial charge on any atom is -0.482 e. The van der Waals surface area contributed by atoms with Gasteiger partial charge in [0.25, 0.3) is 11.8 Å². The van der Waals surface area contributed by atoms with Crippen molar-refractivity contribution in [3.05, 3.63) is 42.0 Å². The van der Waals surface area contributed by atoms with Gasteiger partial charge in [0.05, 0.1) is 5.69 Å². The van der Waals surface area contributed by atoms with Crippen molar-refractivity contribution in [3.63, 3.8) is 0 Å². The predicted molar refractivity (Wildman–Crippen MR) is 82.3 cm³/mol. The lowest BCUT2D eigenvalue weighted by Crippen LogP contribution is -2.35. The van der Waals surface area contributed by atoms with Gasteiger partial charge < -0.3 is 20.1 Å². The number of nitrogens with one attached hydrogen (secondary N) is 1. The van der Waals surface area contributed by atoms with Crippen LogP contribution in [0.25, 0.3) is 0 Å². The molecule has 9 nitrogen and oxygen atoms in total. The fourth-order valence-electron chi connectivity index (χ4n) is 2.20. The second kappa shape index (κ2) is 5.95. The number of benzene rings is 1. The molecule has 1 aromatic heterocycles. The normalized spacial score (nSPS) is 13.0. The molecule has 0 saturated carbocycles. The van der Waals surface area contributed by atoms with Crippen LogP contribution in [0.3, 0.4) is 0 Å². The van der Waals surface area contributed by atoms with E-state index in [-0.39, 0.29) is 18.2 Å². The number of aromatic carboxylic acids is 1. The molecule has 1 aromatic carbocycles. The molecule has 1 aliphatic heterocycles. The number of ether oxygens (including phenoxy) is 1. The van der Waals surface area contributed by atoms with Gasteiger partial charge in [0, 0.05) is 25.1 Å². The highest BCUT2D eigenvalue weighted by Crippen LogP contribution is 2.33. The van der Waals surface area contributed by atoms with Gasteiger partial charge in [-0.3, -0.25) is 9.59 Å². The summed E-state index contributed by atoms with van der Waals surface area (Å²) < 4.78 is 5.30. The van der Waals surface area contributed by atoms with Crippen LogP contribution < -0.4 is 15.0 Å². The second-order valence-corrected chi connectivity index (χ2v) is 4.94. The summed E-state index contributed by atoms with van der Waals surface area (Å²) in [5.41, 5.74) is 0.125. The maximum absolute atomic E-state index is 12.3. The Bertz CT molecular complexity index is 852. The molecule has 0 saturated heterocycles. The molecular weight excluding hydrogens is 316 g/mol. The number of hydrogen-bond acceptors (Lipinski definition) is 6. The van der Waals surface area contributed by atoms with E-state index in [9.17, 15) is 14.4 Å². The fraction of sp³-hybridized carbons (Fsp3) is 0.133. The number of amides is 2. The van der Waals surface area contributed by atoms with E-state index >= 15 is 0 Å². The SMILES string of the molecule is CN1C(=O)COc2ccc(NC(=O)c3nccnc3C(=O)O)cc21. The first-order chi connectivity index (χ1) is 11.5. The number of anilines is 2. The lowest BCUT2D eigenvalue weighted by molar-refractivity contribution is -0.120. The Labute approximate surface area is 135 Å². The summed E-state index contributed by atoms with van der Waals surface area (Å²) >= 11 is 0. The van der Waals surface area contributed by atoms with Gasteiger partial charge in [-0.2, -0.15) is 0 Å². The van der Waals surface area contributed by atoms with Gasteiger partial charge in [-0.05, 0) is 18.2 Å². The van der Waals surface area contributed by atoms with Crippen molar-refractivity contribution in [2.45, 2.75) is 0 Å². The first-order valence-corrected chi connectivity index (χ1v) is 6.86. The lowest BCUT2D eigenvalue weighted by atomic mass is 10.2. The second-order valence-electron chi connectivity index (χ2n) is 4.94. The smallest absolute Gasteiger partial charge is 0.356 e. The minimum absolute atomic E-state index is 0.0449. The number of carbonyl (C=O) groups excluding carboxylic acids is 2. The van der Waals surface area contributed by atoms with Crippen LogP contribution in [-0.2, 0) is 4.79 Å². The van der Waals surface area contributed by atoms with Crippen molar-refractivity contribution in [1.29, 1.82) is 0 Å². The maximum atomic E-state index is 12.3. The highest BCUT2D eigenvalue weighted by Gasteiger charge is 2.24. The molecule has 2 N–H and O–H groups in total. The van der Waals surface area contributed by atoms with Crippen LogP contribution in [0, 0.1) is 0 Å². The zero-order chi connectivity index (χ0) is 17.3. The van der Waals surface area contributed by atoms with Crippen molar-refractivity contribution in [2.75, 3.05) is 23.9 Å². The summed E-state index contributed by atoms with van der Waals surface area (Å²) in [5, 5.41) is 11.6. The van der Waals surface area contributed by atoms with Gasteiger partial charge in [-0.15, -0.1) is 0 Å². The number of fused-ring (bicyclic) bond motifs is 1. The third-order valence-corrected chi connectivity index (χ3v) is 3.42. The maximum Gasteiger partial charge on any atom is 0.356 e. The van der Waals surface area contributed by atoms with Gasteiger partial charge in [-0.1, -0.05) is 0 Å². The first kappa shape index (κ1) is 15.4. The van der Waals surface area contributed by atoms with Crippen LogP contribution in [0.15, 0.2) is 30.6 Å². The average molecular weight is 328 g/mol. The molecule has 3 rings (SSSR count). The molecule has 9 heteroatoms. The van der Waals surface area contributed by atoms with E-state index in [0.29, 0.717) is 17.1 Å². The largest absolute Gasteiger partial charge is 0.482 e. The molecule has 0 spiro atoms. The van der Waals surface area contributed by atoms with Crippen LogP contribution >= 0.6 is 0 Å². The summed E-state index contributed by atoms with van der Waals surface area (Å²) in [6, 6.07) is 4.75. The number of carboxylic acids is 1. The number of carboxylic acid groups (broad SMARTS) is 1. The molecule has 0 fully saturated rings. The number of carbonyl (C=O) groups is 3. The summed E-state index contributed by atoms with van der Waals surface area (Å²) in [6.45, 7) is -0.0449. The topological polar surface area (TPSA) is 122 Å². The van der Waals surface area contributed by atoms with Crippen molar-refractivity contribution >= 4 is 29.2 Å². The monoisotopic (exact) mass is 328 g/mol. The minimum atomic E-state index is -1.35. The third-order valence-electron chi connectivity index (χ3n) is 3.42. The molecule has 2 heterocycles. The van der Waals surface area contributed by atoms with E-state index in [2.05, 4.69) is 15.3 Å². The zero-order valence-electron chi connectivity index (χ0n) is 12.5. The lowest BCUT2D eigenvalue weighted by Gasteiger charge is -2.26. The molecule has 24 heavy (non-hydrogen) atoms. The van der Waals surface area contributed by atoms with E-state index in [4.69, 9.17) is 9.84 Å². The van der Waals surface area contributed by atoms with Crippen molar-refractivity contribution in [2.24, 2.45) is 0 Å². The highest BCUT2D eigenvalue weighted by atomic mass is 16.5. The van der Waals surface area contributed by atoms with Gasteiger partial charge in [0.2, 0.25) is 0 Å². The van der Waals surface area contributed by atoms with Crippen molar-refractivity contribution in [1.82, 2.24) is 9.97 Å². The Kier molecular flexibility index (Phi) is 3.82. The fourth-order valence-corrected chi connectivity index (χ4v) is 2.20. The molecule has 2 amide bonds. The van der Waals surface area contributed by atoms with Crippen molar-refractivity contribution < 1.29 is 24.2 Å². The molecule has 0 atom stereocenters. The van der Waals surface area contributed by atoms with Gasteiger partial charge in [0.15, 0.2) is 18.0 Å². The Morgan fingerprint density at radius 1 is 1.25 bits per heavy atom. The summed E-state index contributed by atoms with van der Waals surface area (Å²) in [6.07, 6.45) is 2.42. The molecule has 0 aliphatic carbocycles. The predicted octanol–water partition coefficient (Wildman–Crippen LogP) is 0.782. The Morgan fingerprint density at radius 2 is 1.96 bits per heavy atom. The molecule has 0 bridgehead atoms. The average Bonchev–Trinajstić information content (AvgIpc) is 2.58. The van der Waals surface area contributed by atoms with E-state index in [1.54, 1.807) is 25.2 Å². The molecule has 2 aromatic rings. The van der Waals surface area contributed by atoms with E-state index in [1.165, 1.54) is 17.3 Å². The quantitative estimate of drug-likeness (QED) is 0.853. The number of aromatic nitrogens is 2. The van der Waals surface area contributed by atoms with Gasteiger partial charge >= 0.3 is 5.97 Å². The van der Waals surface area contributed by atoms with Crippen LogP contribution in [-0.4, -0.2) is 46.5 Å². The summed E-state index contributed by atoms with van der Waals surface area (Å²) in [5.74, 6) is -1.77. The third kappa shape index (κ3) is 2.74. The van der Waals surface area contributed by atoms with Crippen molar-refractivity contribution in [3.8, 4) is 5.75 Å². The summed E-state index contributed by atoms with van der Waals surface area (Å²) in [4.78, 5) is 43.9. The molecule has 122 valence electrons. The Balaban J connectivity index is 1.89. The van der Waals surface area contributed by atoms with Crippen LogP contribution in [0.2, 0.25) is 0 Å².